The molecule has 0 aliphatic heterocycles. The Kier molecular flexibility index (Phi) is 8.06. The fourth-order valence-corrected chi connectivity index (χ4v) is 4.53. The van der Waals surface area contributed by atoms with Crippen molar-refractivity contribution in [2.75, 3.05) is 20.3 Å². The van der Waals surface area contributed by atoms with E-state index in [0.717, 1.165) is 10.6 Å². The van der Waals surface area contributed by atoms with Gasteiger partial charge < -0.3 is 14.2 Å². The highest BCUT2D eigenvalue weighted by molar-refractivity contribution is 7.89. The molecule has 8 nitrogen and oxygen atoms in total. The first-order chi connectivity index (χ1) is 15.9. The number of benzene rings is 2. The average molecular weight is 487 g/mol. The summed E-state index contributed by atoms with van der Waals surface area (Å²) < 4.78 is 42.6. The minimum absolute atomic E-state index is 0.00391. The number of nitrogens with one attached hydrogen (secondary N) is 1. The van der Waals surface area contributed by atoms with Gasteiger partial charge in [-0.05, 0) is 49.4 Å². The number of hydrogen-bond donors (Lipinski definition) is 1. The quantitative estimate of drug-likeness (QED) is 0.346. The summed E-state index contributed by atoms with van der Waals surface area (Å²) in [5, 5.41) is 2.55. The normalized spacial score (nSPS) is 10.9. The van der Waals surface area contributed by atoms with E-state index < -0.39 is 16.0 Å². The molecule has 2 aromatic carbocycles. The Labute approximate surface area is 196 Å². The summed E-state index contributed by atoms with van der Waals surface area (Å²) in [7, 11) is -2.15. The van der Waals surface area contributed by atoms with Gasteiger partial charge >= 0.3 is 5.97 Å². The number of carbonyl (C=O) groups excluding carboxylic acids is 1. The van der Waals surface area contributed by atoms with E-state index in [1.54, 1.807) is 12.5 Å². The maximum absolute atomic E-state index is 12.3. The number of methoxy groups -OCH3 is 1. The van der Waals surface area contributed by atoms with Gasteiger partial charge in [0.25, 0.3) is 0 Å². The first-order valence-electron chi connectivity index (χ1n) is 9.84. The van der Waals surface area contributed by atoms with Gasteiger partial charge in [-0.15, -0.1) is 17.8 Å². The van der Waals surface area contributed by atoms with E-state index >= 15 is 0 Å². The third-order valence-electron chi connectivity index (χ3n) is 4.38. The van der Waals surface area contributed by atoms with Gasteiger partial charge in [0.05, 0.1) is 36.4 Å². The molecule has 1 heterocycles. The molecule has 33 heavy (non-hydrogen) atoms. The number of sulfonamides is 1. The van der Waals surface area contributed by atoms with Crippen LogP contribution in [0.25, 0.3) is 10.6 Å². The lowest BCUT2D eigenvalue weighted by Gasteiger charge is -2.10. The molecule has 0 bridgehead atoms. The minimum atomic E-state index is -3.72. The summed E-state index contributed by atoms with van der Waals surface area (Å²) in [6.45, 7) is 2.29. The average Bonchev–Trinajstić information content (AvgIpc) is 3.31. The predicted molar refractivity (Wildman–Crippen MR) is 125 cm³/mol. The van der Waals surface area contributed by atoms with Crippen LogP contribution in [0.4, 0.5) is 0 Å². The van der Waals surface area contributed by atoms with Gasteiger partial charge in [0.2, 0.25) is 10.0 Å². The lowest BCUT2D eigenvalue weighted by molar-refractivity contribution is 0.0468. The number of carbonyl (C=O) groups is 1. The summed E-state index contributed by atoms with van der Waals surface area (Å²) in [4.78, 5) is 16.9. The fourth-order valence-electron chi connectivity index (χ4n) is 2.79. The van der Waals surface area contributed by atoms with E-state index in [1.165, 1.54) is 35.6 Å². The van der Waals surface area contributed by atoms with Crippen LogP contribution in [0.15, 0.2) is 52.7 Å². The number of hydrogen-bond acceptors (Lipinski definition) is 8. The SMILES string of the molecule is C#CCNS(=O)(=O)c1ccc(C(=O)OCc2csc(-c3ccc(OCC)c(OC)c3)n2)cc1. The van der Waals surface area contributed by atoms with E-state index in [-0.39, 0.29) is 23.6 Å². The molecular weight excluding hydrogens is 464 g/mol. The molecule has 3 aromatic rings. The van der Waals surface area contributed by atoms with Crippen LogP contribution in [0.2, 0.25) is 0 Å². The third kappa shape index (κ3) is 6.10. The molecule has 1 aromatic heterocycles. The number of esters is 1. The summed E-state index contributed by atoms with van der Waals surface area (Å²) in [6.07, 6.45) is 5.07. The number of terminal acetylenes is 1. The van der Waals surface area contributed by atoms with Crippen molar-refractivity contribution in [2.24, 2.45) is 0 Å². The third-order valence-corrected chi connectivity index (χ3v) is 6.74. The molecule has 0 spiro atoms. The number of aromatic nitrogens is 1. The van der Waals surface area contributed by atoms with Crippen molar-refractivity contribution in [3.63, 3.8) is 0 Å². The Morgan fingerprint density at radius 2 is 1.94 bits per heavy atom. The first kappa shape index (κ1) is 24.3. The van der Waals surface area contributed by atoms with Gasteiger partial charge in [0.1, 0.15) is 11.6 Å². The molecule has 172 valence electrons. The lowest BCUT2D eigenvalue weighted by Crippen LogP contribution is -2.23. The summed E-state index contributed by atoms with van der Waals surface area (Å²) >= 11 is 1.41. The zero-order chi connectivity index (χ0) is 23.8. The van der Waals surface area contributed by atoms with Crippen molar-refractivity contribution in [1.82, 2.24) is 9.71 Å². The van der Waals surface area contributed by atoms with Crippen molar-refractivity contribution < 1.29 is 27.4 Å². The van der Waals surface area contributed by atoms with Crippen LogP contribution in [-0.4, -0.2) is 39.6 Å². The van der Waals surface area contributed by atoms with Crippen LogP contribution in [0.5, 0.6) is 11.5 Å². The van der Waals surface area contributed by atoms with Gasteiger partial charge in [-0.2, -0.15) is 4.72 Å². The molecule has 0 fully saturated rings. The van der Waals surface area contributed by atoms with Gasteiger partial charge in [0, 0.05) is 10.9 Å². The fraction of sp³-hybridized carbons (Fsp3) is 0.217. The predicted octanol–water partition coefficient (Wildman–Crippen LogP) is 3.49. The second kappa shape index (κ2) is 11.0. The Balaban J connectivity index is 1.63. The van der Waals surface area contributed by atoms with Crippen LogP contribution in [0.3, 0.4) is 0 Å². The Bertz CT molecular complexity index is 1260. The topological polar surface area (TPSA) is 104 Å². The molecule has 0 atom stereocenters. The van der Waals surface area contributed by atoms with Gasteiger partial charge in [0.15, 0.2) is 11.5 Å². The summed E-state index contributed by atoms with van der Waals surface area (Å²) in [5.41, 5.74) is 1.67. The van der Waals surface area contributed by atoms with Crippen LogP contribution < -0.4 is 14.2 Å². The monoisotopic (exact) mass is 486 g/mol. The van der Waals surface area contributed by atoms with Crippen LogP contribution in [0, 0.1) is 12.3 Å². The van der Waals surface area contributed by atoms with E-state index in [2.05, 4.69) is 15.6 Å². The number of rotatable bonds is 10. The highest BCUT2D eigenvalue weighted by atomic mass is 32.2. The highest BCUT2D eigenvalue weighted by Crippen LogP contribution is 2.33. The van der Waals surface area contributed by atoms with Crippen molar-refractivity contribution in [3.05, 3.63) is 59.1 Å². The molecule has 3 rings (SSSR count). The second-order valence-corrected chi connectivity index (χ2v) is 9.20. The van der Waals surface area contributed by atoms with Crippen LogP contribution in [0.1, 0.15) is 23.0 Å². The Hall–Kier alpha value is -3.39. The minimum Gasteiger partial charge on any atom is -0.493 e. The van der Waals surface area contributed by atoms with E-state index in [0.29, 0.717) is 23.8 Å². The van der Waals surface area contributed by atoms with E-state index in [9.17, 15) is 13.2 Å². The molecule has 0 unspecified atom stereocenters. The first-order valence-corrected chi connectivity index (χ1v) is 12.2. The van der Waals surface area contributed by atoms with E-state index in [1.807, 2.05) is 25.1 Å². The number of nitrogens with zero attached hydrogens (tertiary/aromatic N) is 1. The van der Waals surface area contributed by atoms with Crippen LogP contribution >= 0.6 is 11.3 Å². The van der Waals surface area contributed by atoms with Crippen molar-refractivity contribution in [2.45, 2.75) is 18.4 Å². The molecule has 0 aliphatic carbocycles. The zero-order valence-electron chi connectivity index (χ0n) is 18.0. The molecule has 0 saturated carbocycles. The Morgan fingerprint density at radius 3 is 2.61 bits per heavy atom. The van der Waals surface area contributed by atoms with Gasteiger partial charge in [-0.3, -0.25) is 0 Å². The van der Waals surface area contributed by atoms with Crippen molar-refractivity contribution in [3.8, 4) is 34.4 Å². The Morgan fingerprint density at radius 1 is 1.18 bits per heavy atom. The smallest absolute Gasteiger partial charge is 0.338 e. The lowest BCUT2D eigenvalue weighted by atomic mass is 10.2. The van der Waals surface area contributed by atoms with Crippen molar-refractivity contribution in [1.29, 1.82) is 0 Å². The van der Waals surface area contributed by atoms with Crippen LogP contribution in [-0.2, 0) is 21.4 Å². The highest BCUT2D eigenvalue weighted by Gasteiger charge is 2.15. The number of ether oxygens (including phenoxy) is 3. The maximum atomic E-state index is 12.3. The summed E-state index contributed by atoms with van der Waals surface area (Å²) in [5.74, 6) is 2.87. The van der Waals surface area contributed by atoms with Gasteiger partial charge in [-0.25, -0.2) is 18.2 Å². The molecule has 0 aliphatic rings. The number of thiazole rings is 1. The molecule has 0 saturated heterocycles. The molecule has 0 amide bonds. The molecular formula is C23H22N2O6S2. The summed E-state index contributed by atoms with van der Waals surface area (Å²) in [6, 6.07) is 10.9. The van der Waals surface area contributed by atoms with E-state index in [4.69, 9.17) is 20.6 Å². The largest absolute Gasteiger partial charge is 0.493 e. The standard InChI is InChI=1S/C23H22N2O6S2/c1-4-12-24-33(27,28)19-9-6-16(7-10-19)23(26)31-14-18-15-32-22(25-18)17-8-11-20(30-5-2)21(13-17)29-3/h1,6-11,13,15,24H,5,12,14H2,2-3H3. The van der Waals surface area contributed by atoms with Crippen molar-refractivity contribution >= 4 is 27.3 Å². The maximum Gasteiger partial charge on any atom is 0.338 e. The molecule has 1 N–H and O–H groups in total. The molecule has 0 radical (unpaired) electrons. The zero-order valence-corrected chi connectivity index (χ0v) is 19.7. The second-order valence-electron chi connectivity index (χ2n) is 6.57. The van der Waals surface area contributed by atoms with Gasteiger partial charge in [-0.1, -0.05) is 5.92 Å². The molecule has 10 heteroatoms.